The summed E-state index contributed by atoms with van der Waals surface area (Å²) in [5.41, 5.74) is -0.727. The monoisotopic (exact) mass is 382 g/mol. The number of esters is 1. The van der Waals surface area contributed by atoms with Gasteiger partial charge in [-0.05, 0) is 32.6 Å². The van der Waals surface area contributed by atoms with E-state index in [-0.39, 0.29) is 30.0 Å². The van der Waals surface area contributed by atoms with E-state index in [4.69, 9.17) is 0 Å². The van der Waals surface area contributed by atoms with Gasteiger partial charge in [0.05, 0.1) is 18.8 Å². The molecule has 5 heteroatoms. The number of aliphatic hydroxyl groups excluding tert-OH is 1. The average Bonchev–Trinajstić information content (AvgIpc) is 2.89. The number of ketones is 1. The number of unbranched alkanes of at least 4 members (excludes halogenated alkanes) is 4. The minimum Gasteiger partial charge on any atom is -0.469 e. The van der Waals surface area contributed by atoms with Crippen LogP contribution in [-0.4, -0.2) is 40.8 Å². The molecule has 4 atom stereocenters. The van der Waals surface area contributed by atoms with E-state index < -0.39 is 11.7 Å². The molecule has 0 aromatic heterocycles. The fraction of sp³-hybridized carbons (Fsp3) is 0.818. The first-order valence-corrected chi connectivity index (χ1v) is 10.5. The molecule has 0 radical (unpaired) electrons. The maximum absolute atomic E-state index is 12.2. The van der Waals surface area contributed by atoms with Crippen molar-refractivity contribution in [3.05, 3.63) is 12.2 Å². The third kappa shape index (κ3) is 9.02. The normalized spacial score (nSPS) is 25.1. The van der Waals surface area contributed by atoms with Crippen molar-refractivity contribution in [2.75, 3.05) is 7.11 Å². The summed E-state index contributed by atoms with van der Waals surface area (Å²) >= 11 is 0. The Morgan fingerprint density at radius 1 is 1.26 bits per heavy atom. The summed E-state index contributed by atoms with van der Waals surface area (Å²) in [6, 6.07) is 0. The van der Waals surface area contributed by atoms with E-state index in [0.29, 0.717) is 12.8 Å². The number of ether oxygens (including phenoxy) is 1. The lowest BCUT2D eigenvalue weighted by atomic mass is 9.87. The Balaban J connectivity index is 2.42. The van der Waals surface area contributed by atoms with Crippen molar-refractivity contribution in [3.8, 4) is 0 Å². The van der Waals surface area contributed by atoms with Gasteiger partial charge in [0.15, 0.2) is 0 Å². The lowest BCUT2D eigenvalue weighted by Gasteiger charge is -2.22. The van der Waals surface area contributed by atoms with Crippen LogP contribution in [0.3, 0.4) is 0 Å². The molecule has 0 aromatic rings. The summed E-state index contributed by atoms with van der Waals surface area (Å²) in [7, 11) is 1.40. The fourth-order valence-corrected chi connectivity index (χ4v) is 3.82. The standard InChI is InChI=1S/C22H38O5/c1-4-5-14-22(2,26)15-10-12-18-17(19(23)16-20(18)24)11-8-6-7-9-13-21(25)27-3/h10,12,17-18,20,24,26H,4-9,11,13-16H2,1-3H3/b12-10+/t17-,18+,20+,22-/m0/s1. The first-order valence-electron chi connectivity index (χ1n) is 10.5. The minimum absolute atomic E-state index is 0.127. The molecule has 0 aromatic carbocycles. The fourth-order valence-electron chi connectivity index (χ4n) is 3.82. The van der Waals surface area contributed by atoms with E-state index >= 15 is 0 Å². The van der Waals surface area contributed by atoms with Crippen LogP contribution in [0.2, 0.25) is 0 Å². The summed E-state index contributed by atoms with van der Waals surface area (Å²) in [5, 5.41) is 20.6. The smallest absolute Gasteiger partial charge is 0.305 e. The average molecular weight is 383 g/mol. The SMILES string of the molecule is CCCC[C@](C)(O)C/C=C/[C@H]1[C@H](O)CC(=O)[C@H]1CCCCCCC(=O)OC. The Morgan fingerprint density at radius 3 is 2.63 bits per heavy atom. The van der Waals surface area contributed by atoms with Crippen LogP contribution >= 0.6 is 0 Å². The summed E-state index contributed by atoms with van der Waals surface area (Å²) in [5.74, 6) is -0.305. The maximum Gasteiger partial charge on any atom is 0.305 e. The van der Waals surface area contributed by atoms with Gasteiger partial charge in [-0.25, -0.2) is 0 Å². The number of rotatable bonds is 13. The van der Waals surface area contributed by atoms with Gasteiger partial charge in [-0.3, -0.25) is 9.59 Å². The number of Topliss-reactive ketones (excluding diaryl/α,β-unsaturated/α-hetero) is 1. The number of methoxy groups -OCH3 is 1. The van der Waals surface area contributed by atoms with Crippen LogP contribution in [0, 0.1) is 11.8 Å². The molecule has 1 saturated carbocycles. The predicted molar refractivity (Wildman–Crippen MR) is 106 cm³/mol. The summed E-state index contributed by atoms with van der Waals surface area (Å²) in [6.45, 7) is 3.95. The molecule has 156 valence electrons. The van der Waals surface area contributed by atoms with Gasteiger partial charge in [-0.2, -0.15) is 0 Å². The first kappa shape index (κ1) is 23.8. The van der Waals surface area contributed by atoms with Crippen LogP contribution in [0.4, 0.5) is 0 Å². The van der Waals surface area contributed by atoms with E-state index in [1.807, 2.05) is 19.1 Å². The number of hydrogen-bond acceptors (Lipinski definition) is 5. The number of carbonyl (C=O) groups excluding carboxylic acids is 2. The minimum atomic E-state index is -0.727. The van der Waals surface area contributed by atoms with E-state index in [1.165, 1.54) is 7.11 Å². The second-order valence-electron chi connectivity index (χ2n) is 8.18. The van der Waals surface area contributed by atoms with Crippen molar-refractivity contribution < 1.29 is 24.5 Å². The van der Waals surface area contributed by atoms with E-state index in [9.17, 15) is 19.8 Å². The molecule has 0 heterocycles. The van der Waals surface area contributed by atoms with Crippen LogP contribution in [0.1, 0.15) is 84.5 Å². The Morgan fingerprint density at radius 2 is 1.96 bits per heavy atom. The summed E-state index contributed by atoms with van der Waals surface area (Å²) in [4.78, 5) is 23.3. The lowest BCUT2D eigenvalue weighted by molar-refractivity contribution is -0.140. The molecule has 2 N–H and O–H groups in total. The zero-order chi connectivity index (χ0) is 20.3. The molecule has 27 heavy (non-hydrogen) atoms. The van der Waals surface area contributed by atoms with Crippen molar-refractivity contribution in [2.24, 2.45) is 11.8 Å². The van der Waals surface area contributed by atoms with Gasteiger partial charge in [0.2, 0.25) is 0 Å². The van der Waals surface area contributed by atoms with Crippen molar-refractivity contribution >= 4 is 11.8 Å². The topological polar surface area (TPSA) is 83.8 Å². The van der Waals surface area contributed by atoms with Crippen LogP contribution in [-0.2, 0) is 14.3 Å². The molecule has 0 aliphatic heterocycles. The van der Waals surface area contributed by atoms with Crippen molar-refractivity contribution in [3.63, 3.8) is 0 Å². The highest BCUT2D eigenvalue weighted by atomic mass is 16.5. The molecular weight excluding hydrogens is 344 g/mol. The lowest BCUT2D eigenvalue weighted by Crippen LogP contribution is -2.23. The zero-order valence-corrected chi connectivity index (χ0v) is 17.3. The predicted octanol–water partition coefficient (Wildman–Crippen LogP) is 3.95. The molecule has 1 rings (SSSR count). The summed E-state index contributed by atoms with van der Waals surface area (Å²) in [6.07, 6.45) is 11.7. The molecule has 0 amide bonds. The van der Waals surface area contributed by atoms with Crippen molar-refractivity contribution in [2.45, 2.75) is 96.2 Å². The molecule has 5 nitrogen and oxygen atoms in total. The Bertz CT molecular complexity index is 483. The molecule has 0 spiro atoms. The van der Waals surface area contributed by atoms with Gasteiger partial charge in [-0.1, -0.05) is 51.2 Å². The summed E-state index contributed by atoms with van der Waals surface area (Å²) < 4.78 is 4.62. The quantitative estimate of drug-likeness (QED) is 0.286. The van der Waals surface area contributed by atoms with E-state index in [1.54, 1.807) is 0 Å². The Hall–Kier alpha value is -1.20. The van der Waals surface area contributed by atoms with Gasteiger partial charge >= 0.3 is 5.97 Å². The van der Waals surface area contributed by atoms with Crippen molar-refractivity contribution in [1.82, 2.24) is 0 Å². The molecule has 0 unspecified atom stereocenters. The molecule has 0 saturated heterocycles. The third-order valence-electron chi connectivity index (χ3n) is 5.59. The van der Waals surface area contributed by atoms with Crippen LogP contribution in [0.5, 0.6) is 0 Å². The highest BCUT2D eigenvalue weighted by molar-refractivity contribution is 5.84. The highest BCUT2D eigenvalue weighted by Gasteiger charge is 2.39. The van der Waals surface area contributed by atoms with Gasteiger partial charge in [0.1, 0.15) is 5.78 Å². The zero-order valence-electron chi connectivity index (χ0n) is 17.3. The maximum atomic E-state index is 12.2. The molecule has 1 aliphatic rings. The van der Waals surface area contributed by atoms with Gasteiger partial charge in [0, 0.05) is 24.7 Å². The second kappa shape index (κ2) is 12.3. The second-order valence-corrected chi connectivity index (χ2v) is 8.18. The number of aliphatic hydroxyl groups is 2. The van der Waals surface area contributed by atoms with Gasteiger partial charge in [-0.15, -0.1) is 0 Å². The molecule has 0 bridgehead atoms. The number of hydrogen-bond donors (Lipinski definition) is 2. The highest BCUT2D eigenvalue weighted by Crippen LogP contribution is 2.34. The largest absolute Gasteiger partial charge is 0.469 e. The van der Waals surface area contributed by atoms with E-state index in [2.05, 4.69) is 11.7 Å². The van der Waals surface area contributed by atoms with Crippen LogP contribution in [0.25, 0.3) is 0 Å². The number of carbonyl (C=O) groups is 2. The molecule has 1 aliphatic carbocycles. The van der Waals surface area contributed by atoms with Crippen molar-refractivity contribution in [1.29, 1.82) is 0 Å². The first-order chi connectivity index (χ1) is 12.8. The third-order valence-corrected chi connectivity index (χ3v) is 5.59. The van der Waals surface area contributed by atoms with Gasteiger partial charge in [0.25, 0.3) is 0 Å². The van der Waals surface area contributed by atoms with E-state index in [0.717, 1.165) is 51.4 Å². The Labute approximate surface area is 164 Å². The Kier molecular flexibility index (Phi) is 10.9. The van der Waals surface area contributed by atoms with Crippen LogP contribution in [0.15, 0.2) is 12.2 Å². The molecular formula is C22H38O5. The molecule has 1 fully saturated rings. The van der Waals surface area contributed by atoms with Gasteiger partial charge < -0.3 is 14.9 Å². The van der Waals surface area contributed by atoms with Crippen LogP contribution < -0.4 is 0 Å².